The largest absolute Gasteiger partial charge is 0.476 e. The molecule has 4 aliphatic heterocycles. The number of aliphatic hydroxyl groups excluding tert-OH is 8. The van der Waals surface area contributed by atoms with E-state index in [9.17, 15) is 55.2 Å². The number of nitrogen functional groups attached to an aromatic ring is 1. The minimum Gasteiger partial charge on any atom is -0.476 e. The lowest BCUT2D eigenvalue weighted by Crippen LogP contribution is -2.32. The number of fused-ring (bicyclic) bond motifs is 4. The maximum Gasteiger partial charge on any atom is 0.279 e. The normalized spacial score (nSPS) is 26.4. The maximum absolute atomic E-state index is 12.3. The van der Waals surface area contributed by atoms with Crippen molar-refractivity contribution in [2.45, 2.75) is 204 Å². The van der Waals surface area contributed by atoms with Crippen molar-refractivity contribution in [3.05, 3.63) is 72.3 Å². The third-order valence-corrected chi connectivity index (χ3v) is 24.6. The number of unbranched alkanes of at least 4 members (excludes halogenated alkanes) is 1. The third kappa shape index (κ3) is 19.5. The molecule has 16 atom stereocenters. The molecule has 13 N–H and O–H groups in total. The fourth-order valence-electron chi connectivity index (χ4n) is 13.1. The Kier molecular flexibility index (Phi) is 27.0. The topological polar surface area (TPSA) is 468 Å². The molecule has 12 heterocycles. The van der Waals surface area contributed by atoms with Crippen LogP contribution in [0.2, 0.25) is 0 Å². The number of nitrogens with two attached hydrogens (primary N) is 1. The lowest BCUT2D eigenvalue weighted by Gasteiger charge is -2.20. The first-order chi connectivity index (χ1) is 49.5. The Morgan fingerprint density at radius 2 is 0.821 bits per heavy atom. The summed E-state index contributed by atoms with van der Waals surface area (Å²) in [5.74, 6) is 3.44. The summed E-state index contributed by atoms with van der Waals surface area (Å²) in [7, 11) is 0. The van der Waals surface area contributed by atoms with E-state index in [2.05, 4.69) is 145 Å². The lowest BCUT2D eigenvalue weighted by atomic mass is 10.1. The zero-order valence-electron chi connectivity index (χ0n) is 63.6. The van der Waals surface area contributed by atoms with Crippen molar-refractivity contribution in [1.29, 1.82) is 0 Å². The molecule has 0 aromatic carbocycles. The first kappa shape index (κ1) is 83.9. The predicted octanol–water partition coefficient (Wildman–Crippen LogP) is 3.57. The maximum atomic E-state index is 12.3. The van der Waals surface area contributed by atoms with Crippen LogP contribution in [0.3, 0.4) is 0 Å². The van der Waals surface area contributed by atoms with Gasteiger partial charge in [0.05, 0.1) is 37.4 Å². The lowest BCUT2D eigenvalue weighted by molar-refractivity contribution is -0.0368. The molecule has 106 heavy (non-hydrogen) atoms. The average molecular weight is 1560 g/mol. The molecule has 4 saturated heterocycles. The van der Waals surface area contributed by atoms with Crippen molar-refractivity contribution in [3.8, 4) is 5.88 Å². The number of hydrogen-bond donors (Lipinski definition) is 12. The van der Waals surface area contributed by atoms with Crippen LogP contribution in [0, 0.1) is 27.7 Å². The van der Waals surface area contributed by atoms with Gasteiger partial charge in [-0.15, -0.1) is 52.7 Å². The highest BCUT2D eigenvalue weighted by molar-refractivity contribution is 7.73. The Labute approximate surface area is 616 Å². The van der Waals surface area contributed by atoms with Gasteiger partial charge in [0, 0.05) is 12.8 Å². The van der Waals surface area contributed by atoms with E-state index >= 15 is 0 Å². The third-order valence-electron chi connectivity index (χ3n) is 18.7. The second-order valence-electron chi connectivity index (χ2n) is 30.8. The number of H-pyrrole nitrogens is 3. The van der Waals surface area contributed by atoms with E-state index in [0.717, 1.165) is 43.9 Å². The molecule has 37 heteroatoms. The summed E-state index contributed by atoms with van der Waals surface area (Å²) in [6, 6.07) is 0. The van der Waals surface area contributed by atoms with Gasteiger partial charge in [0.25, 0.3) is 16.7 Å². The molecule has 0 aliphatic carbocycles. The smallest absolute Gasteiger partial charge is 0.279 e. The van der Waals surface area contributed by atoms with Crippen molar-refractivity contribution in [2.24, 2.45) is 0 Å². The quantitative estimate of drug-likeness (QED) is 0.0322. The molecule has 0 spiro atoms. The van der Waals surface area contributed by atoms with Gasteiger partial charge in [0.1, 0.15) is 83.8 Å². The summed E-state index contributed by atoms with van der Waals surface area (Å²) in [5, 5.41) is 84.2. The van der Waals surface area contributed by atoms with Crippen LogP contribution in [-0.2, 0) is 31.8 Å². The van der Waals surface area contributed by atoms with Gasteiger partial charge >= 0.3 is 0 Å². The van der Waals surface area contributed by atoms with E-state index in [4.69, 9.17) is 29.4 Å². The van der Waals surface area contributed by atoms with Crippen LogP contribution in [-0.4, -0.2) is 302 Å². The number of aliphatic hydroxyl groups is 8. The van der Waals surface area contributed by atoms with Gasteiger partial charge in [0.2, 0.25) is 11.8 Å². The summed E-state index contributed by atoms with van der Waals surface area (Å²) >= 11 is 0. The van der Waals surface area contributed by atoms with Crippen LogP contribution in [0.5, 0.6) is 5.88 Å². The predicted molar refractivity (Wildman–Crippen MR) is 422 cm³/mol. The Hall–Kier alpha value is -6.08. The molecule has 0 amide bonds. The van der Waals surface area contributed by atoms with Crippen molar-refractivity contribution < 1.29 is 64.5 Å². The zero-order valence-corrected chi connectivity index (χ0v) is 67.1. The van der Waals surface area contributed by atoms with Crippen LogP contribution >= 0.6 is 27.5 Å². The number of ether oxygens (including phenoxy) is 5. The summed E-state index contributed by atoms with van der Waals surface area (Å²) in [6.45, 7) is 25.2. The molecule has 8 aromatic rings. The van der Waals surface area contributed by atoms with Crippen LogP contribution in [0.1, 0.15) is 126 Å². The number of hydrogen-bond acceptors (Lipinski definition) is 26. The molecule has 12 rings (SSSR count). The number of aryl methyl sites for hydroxylation is 6. The van der Waals surface area contributed by atoms with Gasteiger partial charge in [-0.25, -0.2) is 34.9 Å². The second kappa shape index (κ2) is 34.0. The van der Waals surface area contributed by atoms with Crippen LogP contribution in [0.15, 0.2) is 20.7 Å². The molecule has 0 radical (unpaired) electrons. The van der Waals surface area contributed by atoms with Gasteiger partial charge < -0.3 is 85.2 Å². The minimum absolute atomic E-state index is 0.0499. The van der Waals surface area contributed by atoms with Gasteiger partial charge in [-0.05, 0) is 144 Å². The molecule has 0 bridgehead atoms. The van der Waals surface area contributed by atoms with Gasteiger partial charge in [-0.3, -0.25) is 32.7 Å². The van der Waals surface area contributed by atoms with Crippen molar-refractivity contribution in [2.75, 3.05) is 90.3 Å². The van der Waals surface area contributed by atoms with E-state index in [1.54, 1.807) is 46.0 Å². The van der Waals surface area contributed by atoms with Gasteiger partial charge in [0.15, 0.2) is 69.6 Å². The van der Waals surface area contributed by atoms with E-state index in [1.807, 2.05) is 13.8 Å². The van der Waals surface area contributed by atoms with Gasteiger partial charge in [-0.2, -0.15) is 9.97 Å². The highest BCUT2D eigenvalue weighted by Crippen LogP contribution is 2.45. The molecule has 4 aliphatic rings. The van der Waals surface area contributed by atoms with E-state index in [1.165, 1.54) is 6.33 Å². The monoisotopic (exact) mass is 1560 g/mol. The first-order valence-electron chi connectivity index (χ1n) is 35.8. The number of rotatable bonds is 23. The second-order valence-corrected chi connectivity index (χ2v) is 48.1. The van der Waals surface area contributed by atoms with E-state index < -0.39 is 126 Å². The Morgan fingerprint density at radius 3 is 1.21 bits per heavy atom. The van der Waals surface area contributed by atoms with Crippen molar-refractivity contribution in [3.63, 3.8) is 0 Å². The highest BCUT2D eigenvalue weighted by Gasteiger charge is 2.49. The molecule has 0 saturated carbocycles. The molecular weight excluding hydrogens is 1450 g/mol. The fraction of sp³-hybridized carbons (Fsp3) is 0.652. The standard InChI is InChI=1S/C18H30N5O4P.C18H29N4O4P.C17H27N4O4P.C16H25N4O4P/c1-5-6-8-26-16-12-15(21-18(19)22-16)23(10-20-12)17-14(25)13(24)11(27-17)7-9-28(2,3)4;1-6-7-12-21-13-16(19-10(2)20-17(13)25)22(12)18-15(24)14(23)11(26-18)8-9-27(3,4)5;1-6-11-20-12-15(18-9(2)19-16(12)24)21(11)17-14(23)13(22)10(25-17)7-8-26(3,4)5;1-8-17-14-11(15(23)18-8)19-9(2)20(14)16-13(22)12(21)10(24-16)6-7-25(3,4)5/h10-11,13-14,17,24-25H,2,5-9H2,1,3-4H3,(H2,19,21,22);11,14-15,18,23-24H,3,6-9H2,1-2,4-5H3,(H,19,20,25);10,13-14,17,22-23H,3,6-8H2,1-2,4-5H3,(H,18,19,24);10,12-13,16,21-22H,3,6-7H2,1-2,4-5H3,(H,17,18,23)/t11-,13-,14-,17?;11-,14-,15-,18?;10-,13-,14-,17?;10-,12-,13-,16?/m1111/s1. The summed E-state index contributed by atoms with van der Waals surface area (Å²) in [5.41, 5.74) is 7.44. The van der Waals surface area contributed by atoms with E-state index in [0.29, 0.717) is 114 Å². The summed E-state index contributed by atoms with van der Waals surface area (Å²) < 4.78 is 36.2. The number of imidazole rings is 4. The number of anilines is 1. The number of nitrogens with zero attached hydrogens (tertiary/aromatic N) is 13. The zero-order chi connectivity index (χ0) is 78.1. The molecule has 588 valence electrons. The molecular formula is C69H111N17O16P4. The highest BCUT2D eigenvalue weighted by atomic mass is 31.2. The Bertz CT molecular complexity index is 4800. The van der Waals surface area contributed by atoms with Crippen LogP contribution in [0.4, 0.5) is 5.95 Å². The Balaban J connectivity index is 0.000000164. The fourth-order valence-corrected chi connectivity index (χ4v) is 16.9. The minimum atomic E-state index is -1.27. The summed E-state index contributed by atoms with van der Waals surface area (Å²) in [6.07, 6.45) is 14.4. The number of aromatic nitrogens is 16. The number of nitrogens with one attached hydrogen (secondary N) is 3. The number of aromatic amines is 3. The molecule has 4 unspecified atom stereocenters. The van der Waals surface area contributed by atoms with Crippen LogP contribution < -0.4 is 27.1 Å². The van der Waals surface area contributed by atoms with Crippen molar-refractivity contribution >= 4 is 103 Å². The molecule has 33 nitrogen and oxygen atoms in total. The molecule has 8 aromatic heterocycles. The van der Waals surface area contributed by atoms with Gasteiger partial charge in [-0.1, -0.05) is 27.2 Å². The summed E-state index contributed by atoms with van der Waals surface area (Å²) in [4.78, 5) is 83.4. The Morgan fingerprint density at radius 1 is 0.462 bits per heavy atom. The van der Waals surface area contributed by atoms with Crippen LogP contribution in [0.25, 0.3) is 44.7 Å². The average Bonchev–Trinajstić information content (AvgIpc) is 1.62. The SMILES string of the molecule is C=P(C)(C)CC[C@H]1OC(n2c(C)nc3c(=O)[nH]c(C)nc32)[C@H](O)[C@@H]1O.C=P(C)(C)CC[C@H]1OC(n2c(CC)nc3c(=O)[nH]c(C)nc32)[C@H](O)[C@@H]1O.C=P(C)(C)CC[C@H]1OC(n2c(CCC)nc3c(=O)[nH]c(C)nc32)[C@H](O)[C@@H]1O.C=P(C)(C)CC[C@H]1OC(n2cnc3c(OCCCC)nc(N)nc32)[C@H](O)[C@@H]1O. The van der Waals surface area contributed by atoms with Crippen molar-refractivity contribution in [1.82, 2.24) is 78.1 Å². The molecule has 4 fully saturated rings. The van der Waals surface area contributed by atoms with E-state index in [-0.39, 0.29) is 39.2 Å². The first-order valence-corrected chi connectivity index (χ1v) is 48.0.